The van der Waals surface area contributed by atoms with Gasteiger partial charge in [-0.05, 0) is 23.3 Å². The standard InChI is InChI=1S/C16H13N3O/c20-16-14(9-13-7-4-8-17-11-13)18-15(19-16)10-12-5-2-1-3-6-12/h1-9,11H,10H2,(H,18,19,20)/b14-9+. The van der Waals surface area contributed by atoms with E-state index in [2.05, 4.69) is 15.3 Å². The number of hydrogen-bond acceptors (Lipinski definition) is 3. The highest BCUT2D eigenvalue weighted by molar-refractivity contribution is 6.14. The molecule has 1 amide bonds. The first kappa shape index (κ1) is 12.3. The Morgan fingerprint density at radius 2 is 1.95 bits per heavy atom. The summed E-state index contributed by atoms with van der Waals surface area (Å²) in [5.41, 5.74) is 2.40. The van der Waals surface area contributed by atoms with E-state index in [1.165, 1.54) is 0 Å². The van der Waals surface area contributed by atoms with E-state index in [9.17, 15) is 4.79 Å². The Hall–Kier alpha value is -2.75. The molecule has 1 aromatic heterocycles. The van der Waals surface area contributed by atoms with Gasteiger partial charge in [-0.3, -0.25) is 9.78 Å². The van der Waals surface area contributed by atoms with Crippen molar-refractivity contribution in [3.63, 3.8) is 0 Å². The van der Waals surface area contributed by atoms with Gasteiger partial charge in [0, 0.05) is 18.8 Å². The molecule has 20 heavy (non-hydrogen) atoms. The number of amidine groups is 1. The Morgan fingerprint density at radius 1 is 1.10 bits per heavy atom. The molecule has 0 unspecified atom stereocenters. The van der Waals surface area contributed by atoms with Crippen LogP contribution in [0.15, 0.2) is 65.5 Å². The van der Waals surface area contributed by atoms with E-state index in [0.717, 1.165) is 11.1 Å². The van der Waals surface area contributed by atoms with E-state index in [0.29, 0.717) is 18.0 Å². The van der Waals surface area contributed by atoms with E-state index in [4.69, 9.17) is 0 Å². The maximum Gasteiger partial charge on any atom is 0.275 e. The maximum absolute atomic E-state index is 11.9. The molecule has 2 aromatic rings. The van der Waals surface area contributed by atoms with Gasteiger partial charge in [-0.15, -0.1) is 0 Å². The summed E-state index contributed by atoms with van der Waals surface area (Å²) in [4.78, 5) is 20.2. The van der Waals surface area contributed by atoms with Crippen molar-refractivity contribution >= 4 is 17.8 Å². The molecule has 0 saturated carbocycles. The van der Waals surface area contributed by atoms with Crippen LogP contribution in [0.5, 0.6) is 0 Å². The Kier molecular flexibility index (Phi) is 3.37. The van der Waals surface area contributed by atoms with Crippen LogP contribution in [-0.2, 0) is 11.2 Å². The molecule has 3 rings (SSSR count). The molecule has 0 atom stereocenters. The Bertz CT molecular complexity index is 675. The highest BCUT2D eigenvalue weighted by Gasteiger charge is 2.19. The predicted octanol–water partition coefficient (Wildman–Crippen LogP) is 2.19. The molecule has 1 aromatic carbocycles. The zero-order valence-electron chi connectivity index (χ0n) is 10.8. The number of carbonyl (C=O) groups is 1. The lowest BCUT2D eigenvalue weighted by Gasteiger charge is -1.99. The molecular formula is C16H13N3O. The monoisotopic (exact) mass is 263 g/mol. The number of carbonyl (C=O) groups excluding carboxylic acids is 1. The number of pyridine rings is 1. The molecule has 1 aliphatic rings. The number of benzene rings is 1. The number of hydrogen-bond donors (Lipinski definition) is 1. The fraction of sp³-hybridized carbons (Fsp3) is 0.0625. The van der Waals surface area contributed by atoms with Crippen molar-refractivity contribution in [2.75, 3.05) is 0 Å². The minimum absolute atomic E-state index is 0.167. The molecule has 4 nitrogen and oxygen atoms in total. The fourth-order valence-electron chi connectivity index (χ4n) is 2.01. The number of rotatable bonds is 3. The van der Waals surface area contributed by atoms with Gasteiger partial charge in [0.15, 0.2) is 0 Å². The molecule has 2 heterocycles. The smallest absolute Gasteiger partial charge is 0.275 e. The third kappa shape index (κ3) is 2.80. The quantitative estimate of drug-likeness (QED) is 0.863. The van der Waals surface area contributed by atoms with Gasteiger partial charge < -0.3 is 5.32 Å². The summed E-state index contributed by atoms with van der Waals surface area (Å²) < 4.78 is 0. The van der Waals surface area contributed by atoms with Crippen LogP contribution in [0.4, 0.5) is 0 Å². The number of nitrogens with one attached hydrogen (secondary N) is 1. The maximum atomic E-state index is 11.9. The molecule has 4 heteroatoms. The molecule has 98 valence electrons. The van der Waals surface area contributed by atoms with Crippen molar-refractivity contribution in [1.29, 1.82) is 0 Å². The van der Waals surface area contributed by atoms with Gasteiger partial charge in [0.1, 0.15) is 11.5 Å². The minimum atomic E-state index is -0.167. The first-order valence-electron chi connectivity index (χ1n) is 6.36. The summed E-state index contributed by atoms with van der Waals surface area (Å²) in [5.74, 6) is 0.510. The van der Waals surface area contributed by atoms with Crippen molar-refractivity contribution < 1.29 is 4.79 Å². The predicted molar refractivity (Wildman–Crippen MR) is 77.9 cm³/mol. The Labute approximate surface area is 116 Å². The molecule has 1 aliphatic heterocycles. The summed E-state index contributed by atoms with van der Waals surface area (Å²) in [6.07, 6.45) is 5.75. The average molecular weight is 263 g/mol. The molecule has 0 bridgehead atoms. The lowest BCUT2D eigenvalue weighted by molar-refractivity contribution is -0.115. The summed E-state index contributed by atoms with van der Waals surface area (Å²) in [5, 5.41) is 2.80. The molecule has 0 saturated heterocycles. The van der Waals surface area contributed by atoms with E-state index in [1.54, 1.807) is 18.5 Å². The van der Waals surface area contributed by atoms with Crippen LogP contribution >= 0.6 is 0 Å². The van der Waals surface area contributed by atoms with Crippen molar-refractivity contribution in [2.24, 2.45) is 4.99 Å². The summed E-state index contributed by atoms with van der Waals surface area (Å²) in [7, 11) is 0. The Morgan fingerprint density at radius 3 is 2.70 bits per heavy atom. The van der Waals surface area contributed by atoms with Crippen LogP contribution in [0.2, 0.25) is 0 Å². The molecule has 0 fully saturated rings. The van der Waals surface area contributed by atoms with Crippen LogP contribution in [0.1, 0.15) is 11.1 Å². The second-order valence-electron chi connectivity index (χ2n) is 4.49. The SMILES string of the molecule is O=C1NC(Cc2ccccc2)=N/C1=C/c1cccnc1. The molecule has 1 N–H and O–H groups in total. The zero-order chi connectivity index (χ0) is 13.8. The van der Waals surface area contributed by atoms with Gasteiger partial charge in [-0.2, -0.15) is 0 Å². The van der Waals surface area contributed by atoms with Crippen LogP contribution in [0.25, 0.3) is 6.08 Å². The van der Waals surface area contributed by atoms with E-state index in [1.807, 2.05) is 42.5 Å². The highest BCUT2D eigenvalue weighted by Crippen LogP contribution is 2.13. The third-order valence-electron chi connectivity index (χ3n) is 2.95. The van der Waals surface area contributed by atoms with Crippen LogP contribution in [0, 0.1) is 0 Å². The first-order chi connectivity index (χ1) is 9.81. The van der Waals surface area contributed by atoms with Crippen molar-refractivity contribution in [3.05, 3.63) is 71.7 Å². The van der Waals surface area contributed by atoms with Gasteiger partial charge in [0.25, 0.3) is 5.91 Å². The largest absolute Gasteiger partial charge is 0.308 e. The number of aromatic nitrogens is 1. The molecular weight excluding hydrogens is 250 g/mol. The number of aliphatic imine (C=N–C) groups is 1. The van der Waals surface area contributed by atoms with Crippen LogP contribution in [0.3, 0.4) is 0 Å². The van der Waals surface area contributed by atoms with Crippen molar-refractivity contribution in [2.45, 2.75) is 6.42 Å². The number of nitrogens with zero attached hydrogens (tertiary/aromatic N) is 2. The van der Waals surface area contributed by atoms with E-state index < -0.39 is 0 Å². The van der Waals surface area contributed by atoms with E-state index >= 15 is 0 Å². The van der Waals surface area contributed by atoms with Crippen molar-refractivity contribution in [3.8, 4) is 0 Å². The third-order valence-corrected chi connectivity index (χ3v) is 2.95. The molecule has 0 aliphatic carbocycles. The lowest BCUT2D eigenvalue weighted by atomic mass is 10.1. The Balaban J connectivity index is 1.81. The zero-order valence-corrected chi connectivity index (χ0v) is 10.8. The summed E-state index contributed by atoms with van der Waals surface area (Å²) in [6, 6.07) is 13.6. The van der Waals surface area contributed by atoms with Crippen molar-refractivity contribution in [1.82, 2.24) is 10.3 Å². The van der Waals surface area contributed by atoms with Gasteiger partial charge >= 0.3 is 0 Å². The van der Waals surface area contributed by atoms with Gasteiger partial charge in [-0.25, -0.2) is 4.99 Å². The fourth-order valence-corrected chi connectivity index (χ4v) is 2.01. The number of amides is 1. The lowest BCUT2D eigenvalue weighted by Crippen LogP contribution is -2.25. The van der Waals surface area contributed by atoms with Gasteiger partial charge in [0.05, 0.1) is 0 Å². The normalized spacial score (nSPS) is 16.1. The second-order valence-corrected chi connectivity index (χ2v) is 4.49. The van der Waals surface area contributed by atoms with E-state index in [-0.39, 0.29) is 5.91 Å². The summed E-state index contributed by atoms with van der Waals surface area (Å²) in [6.45, 7) is 0. The topological polar surface area (TPSA) is 54.4 Å². The van der Waals surface area contributed by atoms with Gasteiger partial charge in [0.2, 0.25) is 0 Å². The molecule has 0 radical (unpaired) electrons. The van der Waals surface area contributed by atoms with Crippen LogP contribution < -0.4 is 5.32 Å². The second kappa shape index (κ2) is 5.48. The first-order valence-corrected chi connectivity index (χ1v) is 6.36. The highest BCUT2D eigenvalue weighted by atomic mass is 16.2. The van der Waals surface area contributed by atoms with Crippen LogP contribution in [-0.4, -0.2) is 16.7 Å². The summed E-state index contributed by atoms with van der Waals surface area (Å²) >= 11 is 0. The average Bonchev–Trinajstić information content (AvgIpc) is 2.81. The van der Waals surface area contributed by atoms with Gasteiger partial charge in [-0.1, -0.05) is 36.4 Å². The minimum Gasteiger partial charge on any atom is -0.308 e. The molecule has 0 spiro atoms.